The van der Waals surface area contributed by atoms with E-state index >= 15 is 0 Å². The van der Waals surface area contributed by atoms with Crippen LogP contribution in [0.2, 0.25) is 0 Å². The van der Waals surface area contributed by atoms with E-state index in [1.807, 2.05) is 6.07 Å². The lowest BCUT2D eigenvalue weighted by Gasteiger charge is -2.31. The molecule has 7 heteroatoms. The molecule has 3 rings (SSSR count). The summed E-state index contributed by atoms with van der Waals surface area (Å²) in [6.45, 7) is 6.18. The molecule has 1 saturated heterocycles. The molecule has 1 aromatic carbocycles. The Bertz CT molecular complexity index is 929. The number of esters is 1. The van der Waals surface area contributed by atoms with E-state index in [4.69, 9.17) is 9.47 Å². The van der Waals surface area contributed by atoms with E-state index in [1.165, 1.54) is 7.11 Å². The van der Waals surface area contributed by atoms with Crippen LogP contribution in [-0.2, 0) is 9.47 Å². The van der Waals surface area contributed by atoms with E-state index in [0.29, 0.717) is 35.5 Å². The minimum absolute atomic E-state index is 0.0908. The maximum atomic E-state index is 13.5. The average Bonchev–Trinajstić information content (AvgIpc) is 3.38. The first-order valence-electron chi connectivity index (χ1n) is 10.1. The number of hydrogen-bond acceptors (Lipinski definition) is 5. The summed E-state index contributed by atoms with van der Waals surface area (Å²) >= 11 is 0. The molecule has 1 aliphatic rings. The number of nitrogens with one attached hydrogen (secondary N) is 1. The van der Waals surface area contributed by atoms with Crippen molar-refractivity contribution in [2.75, 3.05) is 20.3 Å². The van der Waals surface area contributed by atoms with Crippen molar-refractivity contribution in [2.45, 2.75) is 45.8 Å². The summed E-state index contributed by atoms with van der Waals surface area (Å²) in [6, 6.07) is 8.20. The molecule has 0 radical (unpaired) electrons. The van der Waals surface area contributed by atoms with Crippen LogP contribution in [0.5, 0.6) is 0 Å². The second-order valence-electron chi connectivity index (χ2n) is 7.62. The molecule has 2 unspecified atom stereocenters. The monoisotopic (exact) mass is 412 g/mol. The van der Waals surface area contributed by atoms with E-state index in [2.05, 4.69) is 4.98 Å². The number of aromatic amines is 1. The van der Waals surface area contributed by atoms with Gasteiger partial charge in [-0.25, -0.2) is 4.79 Å². The summed E-state index contributed by atoms with van der Waals surface area (Å²) in [5, 5.41) is 0. The zero-order valence-corrected chi connectivity index (χ0v) is 17.9. The van der Waals surface area contributed by atoms with Crippen LogP contribution in [0.4, 0.5) is 0 Å². The molecule has 2 aromatic rings. The lowest BCUT2D eigenvalue weighted by Crippen LogP contribution is -2.47. The van der Waals surface area contributed by atoms with Gasteiger partial charge in [0.25, 0.3) is 5.91 Å². The minimum atomic E-state index is -0.722. The summed E-state index contributed by atoms with van der Waals surface area (Å²) in [5.41, 5.74) is 2.30. The van der Waals surface area contributed by atoms with Crippen molar-refractivity contribution in [2.24, 2.45) is 0 Å². The number of nitrogens with zero attached hydrogens (tertiary/aromatic N) is 1. The van der Waals surface area contributed by atoms with Gasteiger partial charge < -0.3 is 19.4 Å². The molecule has 0 saturated carbocycles. The Morgan fingerprint density at radius 3 is 2.53 bits per heavy atom. The molecule has 1 aromatic heterocycles. The van der Waals surface area contributed by atoms with Crippen LogP contribution >= 0.6 is 0 Å². The van der Waals surface area contributed by atoms with Crippen molar-refractivity contribution >= 4 is 17.7 Å². The molecule has 2 heterocycles. The number of H-pyrrole nitrogens is 1. The smallest absolute Gasteiger partial charge is 0.354 e. The number of amides is 1. The Labute approximate surface area is 176 Å². The number of ketones is 1. The lowest BCUT2D eigenvalue weighted by atomic mass is 9.98. The molecule has 1 N–H and O–H groups in total. The van der Waals surface area contributed by atoms with Gasteiger partial charge in [-0.1, -0.05) is 18.2 Å². The standard InChI is InChI=1S/C23H28N2O5/c1-14-19(15(2)24-20(14)23(28)29-4)21(26)16(3)25(13-18-11-8-12-30-18)22(27)17-9-6-5-7-10-17/h5-7,9-10,16,18,24H,8,11-13H2,1-4H3. The predicted molar refractivity (Wildman–Crippen MR) is 112 cm³/mol. The van der Waals surface area contributed by atoms with Crippen molar-refractivity contribution in [3.05, 3.63) is 58.4 Å². The van der Waals surface area contributed by atoms with Crippen LogP contribution in [-0.4, -0.2) is 60.0 Å². The third kappa shape index (κ3) is 4.31. The predicted octanol–water partition coefficient (Wildman–Crippen LogP) is 3.31. The van der Waals surface area contributed by atoms with Gasteiger partial charge in [0.2, 0.25) is 0 Å². The van der Waals surface area contributed by atoms with Crippen molar-refractivity contribution in [3.63, 3.8) is 0 Å². The molecule has 1 amide bonds. The number of carbonyl (C=O) groups is 3. The number of ether oxygens (including phenoxy) is 2. The Hall–Kier alpha value is -2.93. The lowest BCUT2D eigenvalue weighted by molar-refractivity contribution is 0.0410. The Morgan fingerprint density at radius 1 is 1.23 bits per heavy atom. The Morgan fingerprint density at radius 2 is 1.93 bits per heavy atom. The van der Waals surface area contributed by atoms with E-state index in [0.717, 1.165) is 12.8 Å². The molecule has 0 spiro atoms. The number of benzene rings is 1. The van der Waals surface area contributed by atoms with Gasteiger partial charge in [-0.15, -0.1) is 0 Å². The number of carbonyl (C=O) groups excluding carboxylic acids is 3. The van der Waals surface area contributed by atoms with Crippen molar-refractivity contribution in [1.82, 2.24) is 9.88 Å². The number of rotatable bonds is 7. The topological polar surface area (TPSA) is 88.7 Å². The highest BCUT2D eigenvalue weighted by Gasteiger charge is 2.33. The first-order chi connectivity index (χ1) is 14.3. The summed E-state index contributed by atoms with van der Waals surface area (Å²) in [6.07, 6.45) is 1.71. The Balaban J connectivity index is 1.93. The third-order valence-corrected chi connectivity index (χ3v) is 5.63. The quantitative estimate of drug-likeness (QED) is 0.557. The number of aromatic nitrogens is 1. The van der Waals surface area contributed by atoms with E-state index in [-0.39, 0.29) is 23.5 Å². The van der Waals surface area contributed by atoms with Crippen LogP contribution in [0.25, 0.3) is 0 Å². The zero-order valence-electron chi connectivity index (χ0n) is 17.9. The molecule has 1 fully saturated rings. The van der Waals surface area contributed by atoms with E-state index < -0.39 is 12.0 Å². The largest absolute Gasteiger partial charge is 0.464 e. The molecular weight excluding hydrogens is 384 g/mol. The fourth-order valence-electron chi connectivity index (χ4n) is 3.95. The van der Waals surface area contributed by atoms with Gasteiger partial charge in [0.15, 0.2) is 5.78 Å². The van der Waals surface area contributed by atoms with E-state index in [9.17, 15) is 14.4 Å². The number of aryl methyl sites for hydroxylation is 1. The first-order valence-corrected chi connectivity index (χ1v) is 10.1. The summed E-state index contributed by atoms with van der Waals surface area (Å²) in [5.74, 6) is -0.969. The summed E-state index contributed by atoms with van der Waals surface area (Å²) in [4.78, 5) is 43.3. The van der Waals surface area contributed by atoms with Gasteiger partial charge in [0.05, 0.1) is 19.3 Å². The highest BCUT2D eigenvalue weighted by atomic mass is 16.5. The van der Waals surface area contributed by atoms with Crippen molar-refractivity contribution in [1.29, 1.82) is 0 Å². The van der Waals surface area contributed by atoms with Crippen molar-refractivity contribution in [3.8, 4) is 0 Å². The molecule has 0 bridgehead atoms. The second kappa shape index (κ2) is 9.26. The minimum Gasteiger partial charge on any atom is -0.464 e. The molecule has 2 atom stereocenters. The first kappa shape index (κ1) is 21.8. The summed E-state index contributed by atoms with van der Waals surface area (Å²) in [7, 11) is 1.30. The highest BCUT2D eigenvalue weighted by molar-refractivity contribution is 6.07. The molecule has 30 heavy (non-hydrogen) atoms. The zero-order chi connectivity index (χ0) is 21.8. The maximum absolute atomic E-state index is 13.5. The maximum Gasteiger partial charge on any atom is 0.354 e. The summed E-state index contributed by atoms with van der Waals surface area (Å²) < 4.78 is 10.5. The van der Waals surface area contributed by atoms with Gasteiger partial charge >= 0.3 is 5.97 Å². The molecule has 0 aliphatic carbocycles. The fourth-order valence-corrected chi connectivity index (χ4v) is 3.95. The van der Waals surface area contributed by atoms with Crippen LogP contribution in [0.3, 0.4) is 0 Å². The molecular formula is C23H28N2O5. The van der Waals surface area contributed by atoms with Gasteiger partial charge in [-0.05, 0) is 51.3 Å². The van der Waals surface area contributed by atoms with Crippen LogP contribution < -0.4 is 0 Å². The van der Waals surface area contributed by atoms with Crippen LogP contribution in [0.15, 0.2) is 30.3 Å². The van der Waals surface area contributed by atoms with E-state index in [1.54, 1.807) is 49.9 Å². The molecule has 1 aliphatic heterocycles. The molecule has 7 nitrogen and oxygen atoms in total. The number of hydrogen-bond donors (Lipinski definition) is 1. The fraction of sp³-hybridized carbons (Fsp3) is 0.435. The average molecular weight is 412 g/mol. The normalized spacial score (nSPS) is 16.9. The van der Waals surface area contributed by atoms with Gasteiger partial charge in [0, 0.05) is 30.0 Å². The SMILES string of the molecule is COC(=O)c1[nH]c(C)c(C(=O)C(C)N(CC2CCCO2)C(=O)c2ccccc2)c1C. The highest BCUT2D eigenvalue weighted by Crippen LogP contribution is 2.24. The molecule has 160 valence electrons. The van der Waals surface area contributed by atoms with Crippen molar-refractivity contribution < 1.29 is 23.9 Å². The number of Topliss-reactive ketones (excluding diaryl/α,β-unsaturated/α-hetero) is 1. The van der Waals surface area contributed by atoms with Crippen LogP contribution in [0.1, 0.15) is 62.2 Å². The van der Waals surface area contributed by atoms with Gasteiger partial charge in [-0.2, -0.15) is 0 Å². The third-order valence-electron chi connectivity index (χ3n) is 5.63. The van der Waals surface area contributed by atoms with Gasteiger partial charge in [-0.3, -0.25) is 9.59 Å². The second-order valence-corrected chi connectivity index (χ2v) is 7.62. The van der Waals surface area contributed by atoms with Crippen LogP contribution in [0, 0.1) is 13.8 Å². The van der Waals surface area contributed by atoms with Gasteiger partial charge in [0.1, 0.15) is 5.69 Å². The number of methoxy groups -OCH3 is 1. The Kier molecular flexibility index (Phi) is 6.72.